The first-order valence-corrected chi connectivity index (χ1v) is 16.7. The Balaban J connectivity index is 1.34. The van der Waals surface area contributed by atoms with Crippen molar-refractivity contribution in [2.24, 2.45) is 5.92 Å². The van der Waals surface area contributed by atoms with Crippen molar-refractivity contribution in [3.8, 4) is 0 Å². The molecule has 234 valence electrons. The quantitative estimate of drug-likeness (QED) is 0.215. The van der Waals surface area contributed by atoms with Gasteiger partial charge in [-0.15, -0.1) is 0 Å². The number of nitrogens with zero attached hydrogens (tertiary/aromatic N) is 5. The van der Waals surface area contributed by atoms with E-state index in [0.29, 0.717) is 50.1 Å². The molecule has 2 unspecified atom stereocenters. The lowest BCUT2D eigenvalue weighted by molar-refractivity contribution is 0.0928. The molecule has 1 aromatic carbocycles. The van der Waals surface area contributed by atoms with Gasteiger partial charge < -0.3 is 10.6 Å². The van der Waals surface area contributed by atoms with Crippen molar-refractivity contribution in [3.63, 3.8) is 0 Å². The average Bonchev–Trinajstić information content (AvgIpc) is 3.86. The number of carbonyl (C=O) groups excluding carboxylic acids is 2. The first-order valence-electron chi connectivity index (χ1n) is 15.2. The van der Waals surface area contributed by atoms with Crippen LogP contribution >= 0.6 is 0 Å². The topological polar surface area (TPSA) is 169 Å². The normalized spacial score (nSPS) is 17.7. The summed E-state index contributed by atoms with van der Waals surface area (Å²) in [5.41, 5.74) is 3.72. The van der Waals surface area contributed by atoms with Crippen LogP contribution in [-0.4, -0.2) is 51.7 Å². The molecule has 2 amide bonds. The second kappa shape index (κ2) is 11.8. The summed E-state index contributed by atoms with van der Waals surface area (Å²) in [4.78, 5) is 48.6. The minimum atomic E-state index is -3.94. The summed E-state index contributed by atoms with van der Waals surface area (Å²) in [5, 5.41) is 7.32. The molecule has 0 saturated heterocycles. The average molecular weight is 637 g/mol. The van der Waals surface area contributed by atoms with Crippen molar-refractivity contribution in [2.45, 2.75) is 56.0 Å². The highest BCUT2D eigenvalue weighted by Gasteiger charge is 2.38. The number of hydrogen-bond donors (Lipinski definition) is 3. The first kappa shape index (κ1) is 29.8. The lowest BCUT2D eigenvalue weighted by atomic mass is 9.98. The second-order valence-corrected chi connectivity index (χ2v) is 13.9. The number of aromatic nitrogens is 5. The number of hydrogen-bond acceptors (Lipinski definition) is 9. The van der Waals surface area contributed by atoms with E-state index in [9.17, 15) is 18.0 Å². The van der Waals surface area contributed by atoms with Crippen LogP contribution in [0.15, 0.2) is 72.4 Å². The SMILES string of the molecule is CC(C)CNS(=O)(=O)c1cc2c(c3cnc(C4CC4)cc13)C(NC(=O)c1cnc3nccnc3c1)CC2NC(=O)c1cccnc1. The van der Waals surface area contributed by atoms with Gasteiger partial charge in [-0.25, -0.2) is 23.1 Å². The molecule has 7 rings (SSSR count). The highest BCUT2D eigenvalue weighted by Crippen LogP contribution is 2.47. The summed E-state index contributed by atoms with van der Waals surface area (Å²) in [5.74, 6) is -0.359. The number of sulfonamides is 1. The molecule has 3 N–H and O–H groups in total. The van der Waals surface area contributed by atoms with Gasteiger partial charge in [-0.2, -0.15) is 0 Å². The Morgan fingerprint density at radius 2 is 1.65 bits per heavy atom. The predicted molar refractivity (Wildman–Crippen MR) is 170 cm³/mol. The zero-order valence-electron chi connectivity index (χ0n) is 25.3. The third kappa shape index (κ3) is 5.79. The summed E-state index contributed by atoms with van der Waals surface area (Å²) in [6.07, 6.45) is 11.6. The standard InChI is InChI=1S/C33H32N8O4S/c1-18(2)14-39-46(44,45)29-12-23-26(40-32(42)20-4-3-7-34-15-20)13-27(30(23)24-17-37-25(11-22(24)29)19-5-6-19)41-33(43)21-10-28-31(38-16-21)36-9-8-35-28/h3-4,7-12,15-19,26-27,39H,5-6,13-14H2,1-2H3,(H,40,42)(H,41,43). The van der Waals surface area contributed by atoms with Crippen LogP contribution in [0.2, 0.25) is 0 Å². The monoisotopic (exact) mass is 636 g/mol. The van der Waals surface area contributed by atoms with E-state index in [1.165, 1.54) is 24.8 Å². The van der Waals surface area contributed by atoms with E-state index in [-0.39, 0.29) is 35.6 Å². The van der Waals surface area contributed by atoms with Crippen molar-refractivity contribution < 1.29 is 18.0 Å². The van der Waals surface area contributed by atoms with Crippen LogP contribution in [0.1, 0.15) is 88.6 Å². The zero-order valence-corrected chi connectivity index (χ0v) is 26.1. The summed E-state index contributed by atoms with van der Waals surface area (Å²) in [7, 11) is -3.94. The number of carbonyl (C=O) groups is 2. The minimum absolute atomic E-state index is 0.0980. The molecule has 2 atom stereocenters. The Hall–Kier alpha value is -4.88. The highest BCUT2D eigenvalue weighted by molar-refractivity contribution is 7.89. The fourth-order valence-corrected chi connectivity index (χ4v) is 7.36. The van der Waals surface area contributed by atoms with Gasteiger partial charge in [-0.3, -0.25) is 24.5 Å². The van der Waals surface area contributed by atoms with Crippen LogP contribution in [0, 0.1) is 5.92 Å². The van der Waals surface area contributed by atoms with Crippen LogP contribution < -0.4 is 15.4 Å². The Morgan fingerprint density at radius 3 is 2.41 bits per heavy atom. The molecule has 4 heterocycles. The van der Waals surface area contributed by atoms with Crippen molar-refractivity contribution >= 4 is 43.8 Å². The third-order valence-corrected chi connectivity index (χ3v) is 9.82. The van der Waals surface area contributed by atoms with Crippen molar-refractivity contribution in [1.29, 1.82) is 0 Å². The largest absolute Gasteiger partial charge is 0.345 e. The summed E-state index contributed by atoms with van der Waals surface area (Å²) in [6.45, 7) is 4.15. The van der Waals surface area contributed by atoms with Gasteiger partial charge in [0, 0.05) is 66.1 Å². The van der Waals surface area contributed by atoms with E-state index < -0.39 is 22.1 Å². The van der Waals surface area contributed by atoms with Gasteiger partial charge in [0.1, 0.15) is 5.52 Å². The van der Waals surface area contributed by atoms with Crippen LogP contribution in [0.4, 0.5) is 0 Å². The lowest BCUT2D eigenvalue weighted by Crippen LogP contribution is -2.30. The number of fused-ring (bicyclic) bond motifs is 4. The molecule has 0 bridgehead atoms. The number of pyridine rings is 3. The molecule has 0 spiro atoms. The van der Waals surface area contributed by atoms with Gasteiger partial charge >= 0.3 is 0 Å². The number of nitrogens with one attached hydrogen (secondary N) is 3. The van der Waals surface area contributed by atoms with Gasteiger partial charge in [0.15, 0.2) is 5.65 Å². The molecule has 13 heteroatoms. The maximum absolute atomic E-state index is 13.8. The molecule has 2 aliphatic carbocycles. The smallest absolute Gasteiger partial charge is 0.253 e. The van der Waals surface area contributed by atoms with E-state index >= 15 is 0 Å². The van der Waals surface area contributed by atoms with Crippen LogP contribution in [0.5, 0.6) is 0 Å². The molecule has 46 heavy (non-hydrogen) atoms. The molecule has 0 aliphatic heterocycles. The lowest BCUT2D eigenvalue weighted by Gasteiger charge is -2.19. The number of benzene rings is 1. The van der Waals surface area contributed by atoms with Gasteiger partial charge in [-0.05, 0) is 66.6 Å². The predicted octanol–water partition coefficient (Wildman–Crippen LogP) is 4.13. The number of rotatable bonds is 9. The van der Waals surface area contributed by atoms with Crippen LogP contribution in [0.3, 0.4) is 0 Å². The Morgan fingerprint density at radius 1 is 0.870 bits per heavy atom. The zero-order chi connectivity index (χ0) is 32.0. The number of amides is 2. The molecule has 2 aliphatic rings. The van der Waals surface area contributed by atoms with Crippen LogP contribution in [-0.2, 0) is 10.0 Å². The van der Waals surface area contributed by atoms with Gasteiger partial charge in [0.2, 0.25) is 10.0 Å². The van der Waals surface area contributed by atoms with E-state index in [4.69, 9.17) is 4.98 Å². The van der Waals surface area contributed by atoms with Crippen molar-refractivity contribution in [3.05, 3.63) is 95.5 Å². The van der Waals surface area contributed by atoms with Crippen molar-refractivity contribution in [2.75, 3.05) is 6.54 Å². The molecule has 0 radical (unpaired) electrons. The molecule has 4 aromatic heterocycles. The Labute approximate surface area is 265 Å². The van der Waals surface area contributed by atoms with E-state index in [1.54, 1.807) is 36.7 Å². The molecular formula is C33H32N8O4S. The fourth-order valence-electron chi connectivity index (χ4n) is 5.91. The fraction of sp³-hybridized carbons (Fsp3) is 0.303. The van der Waals surface area contributed by atoms with E-state index in [2.05, 4.69) is 35.3 Å². The second-order valence-electron chi connectivity index (χ2n) is 12.2. The molecular weight excluding hydrogens is 604 g/mol. The Kier molecular flexibility index (Phi) is 7.65. The van der Waals surface area contributed by atoms with Crippen LogP contribution in [0.25, 0.3) is 21.9 Å². The van der Waals surface area contributed by atoms with Gasteiger partial charge in [0.05, 0.1) is 28.1 Å². The summed E-state index contributed by atoms with van der Waals surface area (Å²) in [6, 6.07) is 7.27. The minimum Gasteiger partial charge on any atom is -0.345 e. The molecule has 12 nitrogen and oxygen atoms in total. The summed E-state index contributed by atoms with van der Waals surface area (Å²) < 4.78 is 30.4. The van der Waals surface area contributed by atoms with E-state index in [0.717, 1.165) is 18.5 Å². The molecule has 1 saturated carbocycles. The Bertz CT molecular complexity index is 2100. The maximum Gasteiger partial charge on any atom is 0.253 e. The van der Waals surface area contributed by atoms with Gasteiger partial charge in [0.25, 0.3) is 11.8 Å². The first-order chi connectivity index (χ1) is 22.2. The van der Waals surface area contributed by atoms with Crippen molar-refractivity contribution in [1.82, 2.24) is 40.3 Å². The van der Waals surface area contributed by atoms with E-state index in [1.807, 2.05) is 19.9 Å². The maximum atomic E-state index is 13.8. The highest BCUT2D eigenvalue weighted by atomic mass is 32.2. The molecule has 5 aromatic rings. The molecule has 1 fully saturated rings. The van der Waals surface area contributed by atoms with Gasteiger partial charge in [-0.1, -0.05) is 13.8 Å². The third-order valence-electron chi connectivity index (χ3n) is 8.36. The summed E-state index contributed by atoms with van der Waals surface area (Å²) >= 11 is 0.